The zero-order valence-electron chi connectivity index (χ0n) is 11.8. The lowest BCUT2D eigenvalue weighted by atomic mass is 10.1. The van der Waals surface area contributed by atoms with Crippen molar-refractivity contribution in [2.75, 3.05) is 5.32 Å². The van der Waals surface area contributed by atoms with Gasteiger partial charge in [-0.15, -0.1) is 11.3 Å². The van der Waals surface area contributed by atoms with Gasteiger partial charge in [0.2, 0.25) is 0 Å². The van der Waals surface area contributed by atoms with E-state index < -0.39 is 12.0 Å². The van der Waals surface area contributed by atoms with Gasteiger partial charge in [-0.25, -0.2) is 4.98 Å². The molecule has 0 saturated heterocycles. The number of hydrogen-bond acceptors (Lipinski definition) is 5. The summed E-state index contributed by atoms with van der Waals surface area (Å²) in [5.74, 6) is -1.07. The van der Waals surface area contributed by atoms with Crippen LogP contribution < -0.4 is 11.1 Å². The average Bonchev–Trinajstić information content (AvgIpc) is 2.93. The van der Waals surface area contributed by atoms with Crippen molar-refractivity contribution in [3.8, 4) is 0 Å². The standard InChI is InChI=1S/C15H19N3O2S/c1-10(7-8-11-5-3-2-4-6-11)17-15-18-12(9-21-15)13(16)14(19)20/h2-6,9-10,13H,7-8,16H2,1H3,(H,17,18)(H,19,20). The second kappa shape index (κ2) is 7.19. The minimum Gasteiger partial charge on any atom is -0.480 e. The summed E-state index contributed by atoms with van der Waals surface area (Å²) in [4.78, 5) is 15.0. The van der Waals surface area contributed by atoms with Gasteiger partial charge in [0.05, 0.1) is 5.69 Å². The van der Waals surface area contributed by atoms with Crippen molar-refractivity contribution in [1.29, 1.82) is 0 Å². The van der Waals surface area contributed by atoms with Crippen molar-refractivity contribution < 1.29 is 9.90 Å². The molecule has 0 aliphatic heterocycles. The molecule has 112 valence electrons. The average molecular weight is 305 g/mol. The van der Waals surface area contributed by atoms with Gasteiger partial charge in [0.25, 0.3) is 0 Å². The van der Waals surface area contributed by atoms with Gasteiger partial charge in [0.15, 0.2) is 5.13 Å². The van der Waals surface area contributed by atoms with Crippen LogP contribution in [0.5, 0.6) is 0 Å². The molecule has 1 aromatic carbocycles. The first-order chi connectivity index (χ1) is 10.1. The number of hydrogen-bond donors (Lipinski definition) is 3. The first-order valence-corrected chi connectivity index (χ1v) is 7.68. The Morgan fingerprint density at radius 1 is 1.43 bits per heavy atom. The molecular formula is C15H19N3O2S. The number of nitrogens with zero attached hydrogens (tertiary/aromatic N) is 1. The second-order valence-corrected chi connectivity index (χ2v) is 5.82. The maximum absolute atomic E-state index is 10.8. The minimum atomic E-state index is -1.07. The van der Waals surface area contributed by atoms with E-state index in [1.165, 1.54) is 16.9 Å². The number of benzene rings is 1. The molecule has 0 aliphatic carbocycles. The second-order valence-electron chi connectivity index (χ2n) is 4.96. The van der Waals surface area contributed by atoms with Gasteiger partial charge in [-0.1, -0.05) is 30.3 Å². The van der Waals surface area contributed by atoms with Crippen molar-refractivity contribution in [2.24, 2.45) is 5.73 Å². The fourth-order valence-corrected chi connectivity index (χ4v) is 2.79. The highest BCUT2D eigenvalue weighted by Crippen LogP contribution is 2.21. The van der Waals surface area contributed by atoms with Crippen molar-refractivity contribution in [3.63, 3.8) is 0 Å². The number of aryl methyl sites for hydroxylation is 1. The quantitative estimate of drug-likeness (QED) is 0.732. The first kappa shape index (κ1) is 15.5. The summed E-state index contributed by atoms with van der Waals surface area (Å²) in [6, 6.07) is 9.50. The van der Waals surface area contributed by atoms with Crippen molar-refractivity contribution in [2.45, 2.75) is 31.8 Å². The van der Waals surface area contributed by atoms with E-state index in [9.17, 15) is 4.79 Å². The Morgan fingerprint density at radius 3 is 2.81 bits per heavy atom. The third kappa shape index (κ3) is 4.54. The predicted molar refractivity (Wildman–Crippen MR) is 84.5 cm³/mol. The van der Waals surface area contributed by atoms with E-state index in [-0.39, 0.29) is 6.04 Å². The number of nitrogens with two attached hydrogens (primary N) is 1. The summed E-state index contributed by atoms with van der Waals surface area (Å²) in [7, 11) is 0. The van der Waals surface area contributed by atoms with Crippen molar-refractivity contribution in [1.82, 2.24) is 4.98 Å². The molecule has 0 bridgehead atoms. The summed E-state index contributed by atoms with van der Waals surface area (Å²) in [5.41, 5.74) is 7.23. The molecule has 0 saturated carbocycles. The molecule has 1 aromatic heterocycles. The Balaban J connectivity index is 1.85. The van der Waals surface area contributed by atoms with Gasteiger partial charge in [0.1, 0.15) is 6.04 Å². The third-order valence-electron chi connectivity index (χ3n) is 3.19. The van der Waals surface area contributed by atoms with Gasteiger partial charge in [0, 0.05) is 11.4 Å². The lowest BCUT2D eigenvalue weighted by Crippen LogP contribution is -2.21. The summed E-state index contributed by atoms with van der Waals surface area (Å²) in [6.07, 6.45) is 1.96. The van der Waals surface area contributed by atoms with Gasteiger partial charge < -0.3 is 16.2 Å². The number of thiazole rings is 1. The largest absolute Gasteiger partial charge is 0.480 e. The van der Waals surface area contributed by atoms with Crippen molar-refractivity contribution >= 4 is 22.4 Å². The Morgan fingerprint density at radius 2 is 2.14 bits per heavy atom. The number of aromatic nitrogens is 1. The molecule has 21 heavy (non-hydrogen) atoms. The highest BCUT2D eigenvalue weighted by atomic mass is 32.1. The monoisotopic (exact) mass is 305 g/mol. The molecule has 4 N–H and O–H groups in total. The van der Waals surface area contributed by atoms with Crippen LogP contribution in [0.4, 0.5) is 5.13 Å². The fraction of sp³-hybridized carbons (Fsp3) is 0.333. The summed E-state index contributed by atoms with van der Waals surface area (Å²) in [5, 5.41) is 14.5. The molecule has 1 heterocycles. The van der Waals surface area contributed by atoms with Crippen LogP contribution in [-0.4, -0.2) is 22.1 Å². The zero-order chi connectivity index (χ0) is 15.2. The van der Waals surface area contributed by atoms with Crippen LogP contribution in [0.2, 0.25) is 0 Å². The maximum Gasteiger partial charge on any atom is 0.326 e. The van der Waals surface area contributed by atoms with E-state index in [2.05, 4.69) is 29.4 Å². The number of carboxylic acid groups (broad SMARTS) is 1. The number of nitrogens with one attached hydrogen (secondary N) is 1. The molecule has 0 aliphatic rings. The maximum atomic E-state index is 10.8. The molecule has 6 heteroatoms. The molecular weight excluding hydrogens is 286 g/mol. The number of carbonyl (C=O) groups is 1. The topological polar surface area (TPSA) is 88.2 Å². The number of aliphatic carboxylic acids is 1. The van der Waals surface area contributed by atoms with Crippen LogP contribution in [0.1, 0.15) is 30.6 Å². The van der Waals surface area contributed by atoms with Crippen LogP contribution in [0.15, 0.2) is 35.7 Å². The summed E-state index contributed by atoms with van der Waals surface area (Å²) < 4.78 is 0. The first-order valence-electron chi connectivity index (χ1n) is 6.80. The van der Waals surface area contributed by atoms with Crippen LogP contribution in [0.25, 0.3) is 0 Å². The molecule has 0 radical (unpaired) electrons. The molecule has 5 nitrogen and oxygen atoms in total. The van der Waals surface area contributed by atoms with E-state index in [4.69, 9.17) is 10.8 Å². The van der Waals surface area contributed by atoms with Crippen LogP contribution in [0.3, 0.4) is 0 Å². The van der Waals surface area contributed by atoms with Gasteiger partial charge >= 0.3 is 5.97 Å². The Hall–Kier alpha value is -1.92. The zero-order valence-corrected chi connectivity index (χ0v) is 12.6. The normalized spacial score (nSPS) is 13.6. The number of rotatable bonds is 7. The van der Waals surface area contributed by atoms with Crippen LogP contribution in [0, 0.1) is 0 Å². The number of carboxylic acids is 1. The lowest BCUT2D eigenvalue weighted by Gasteiger charge is -2.12. The smallest absolute Gasteiger partial charge is 0.326 e. The SMILES string of the molecule is CC(CCc1ccccc1)Nc1nc(C(N)C(=O)O)cs1. The Labute approximate surface area is 127 Å². The number of anilines is 1. The Kier molecular flexibility index (Phi) is 5.30. The molecule has 2 unspecified atom stereocenters. The van der Waals surface area contributed by atoms with Crippen LogP contribution >= 0.6 is 11.3 Å². The van der Waals surface area contributed by atoms with Gasteiger partial charge in [-0.2, -0.15) is 0 Å². The van der Waals surface area contributed by atoms with E-state index in [1.807, 2.05) is 18.2 Å². The van der Waals surface area contributed by atoms with E-state index >= 15 is 0 Å². The van der Waals surface area contributed by atoms with Crippen LogP contribution in [-0.2, 0) is 11.2 Å². The molecule has 0 spiro atoms. The summed E-state index contributed by atoms with van der Waals surface area (Å²) in [6.45, 7) is 2.08. The van der Waals surface area contributed by atoms with Crippen molar-refractivity contribution in [3.05, 3.63) is 47.0 Å². The lowest BCUT2D eigenvalue weighted by molar-refractivity contribution is -0.138. The molecule has 2 aromatic rings. The van der Waals surface area contributed by atoms with E-state index in [1.54, 1.807) is 5.38 Å². The molecule has 2 atom stereocenters. The summed E-state index contributed by atoms with van der Waals surface area (Å²) >= 11 is 1.38. The third-order valence-corrected chi connectivity index (χ3v) is 3.98. The molecule has 0 fully saturated rings. The molecule has 2 rings (SSSR count). The van der Waals surface area contributed by atoms with Gasteiger partial charge in [-0.3, -0.25) is 4.79 Å². The highest BCUT2D eigenvalue weighted by molar-refractivity contribution is 7.13. The Bertz CT molecular complexity index is 586. The van der Waals surface area contributed by atoms with E-state index in [0.717, 1.165) is 12.8 Å². The predicted octanol–water partition coefficient (Wildman–Crippen LogP) is 2.66. The van der Waals surface area contributed by atoms with Gasteiger partial charge in [-0.05, 0) is 25.3 Å². The van der Waals surface area contributed by atoms with E-state index in [0.29, 0.717) is 10.8 Å². The fourth-order valence-electron chi connectivity index (χ4n) is 1.93. The minimum absolute atomic E-state index is 0.255. The molecule has 0 amide bonds. The highest BCUT2D eigenvalue weighted by Gasteiger charge is 2.18.